The molecule has 5 nitrogen and oxygen atoms in total. The van der Waals surface area contributed by atoms with E-state index in [0.717, 1.165) is 19.3 Å². The highest BCUT2D eigenvalue weighted by Crippen LogP contribution is 2.34. The van der Waals surface area contributed by atoms with E-state index in [1.54, 1.807) is 0 Å². The summed E-state index contributed by atoms with van der Waals surface area (Å²) in [5, 5.41) is 11.1. The number of hydrogen-bond donors (Lipinski definition) is 2. The molecule has 1 amide bonds. The van der Waals surface area contributed by atoms with Crippen LogP contribution in [-0.2, 0) is 14.3 Å². The zero-order valence-corrected chi connectivity index (χ0v) is 8.86. The Hall–Kier alpha value is -1.10. The third-order valence-electron chi connectivity index (χ3n) is 2.39. The van der Waals surface area contributed by atoms with Crippen molar-refractivity contribution in [1.29, 1.82) is 0 Å². The molecule has 1 aliphatic rings. The van der Waals surface area contributed by atoms with Crippen LogP contribution in [0.3, 0.4) is 0 Å². The van der Waals surface area contributed by atoms with E-state index < -0.39 is 12.6 Å². The van der Waals surface area contributed by atoms with Gasteiger partial charge < -0.3 is 15.2 Å². The Bertz CT molecular complexity index is 242. The summed E-state index contributed by atoms with van der Waals surface area (Å²) in [5.74, 6) is -0.670. The molecule has 15 heavy (non-hydrogen) atoms. The summed E-state index contributed by atoms with van der Waals surface area (Å²) in [6.07, 6.45) is 3.31. The molecule has 1 rings (SSSR count). The van der Waals surface area contributed by atoms with Crippen LogP contribution in [0.25, 0.3) is 0 Å². The van der Waals surface area contributed by atoms with Crippen LogP contribution in [0.1, 0.15) is 26.2 Å². The number of carboxylic acid groups (broad SMARTS) is 1. The van der Waals surface area contributed by atoms with E-state index in [-0.39, 0.29) is 18.6 Å². The van der Waals surface area contributed by atoms with Gasteiger partial charge in [0.1, 0.15) is 13.2 Å². The quantitative estimate of drug-likeness (QED) is 0.644. The maximum Gasteiger partial charge on any atom is 0.329 e. The Morgan fingerprint density at radius 3 is 2.80 bits per heavy atom. The third-order valence-corrected chi connectivity index (χ3v) is 2.39. The van der Waals surface area contributed by atoms with Gasteiger partial charge in [-0.05, 0) is 18.8 Å². The largest absolute Gasteiger partial charge is 0.480 e. The van der Waals surface area contributed by atoms with Gasteiger partial charge in [-0.2, -0.15) is 0 Å². The van der Waals surface area contributed by atoms with Crippen molar-refractivity contribution in [2.24, 2.45) is 5.92 Å². The first-order valence-corrected chi connectivity index (χ1v) is 5.22. The first kappa shape index (κ1) is 12.0. The van der Waals surface area contributed by atoms with Gasteiger partial charge in [0.05, 0.1) is 0 Å². The van der Waals surface area contributed by atoms with E-state index in [1.165, 1.54) is 0 Å². The molecule has 0 saturated heterocycles. The van der Waals surface area contributed by atoms with Crippen LogP contribution < -0.4 is 5.32 Å². The summed E-state index contributed by atoms with van der Waals surface area (Å²) in [6.45, 7) is 1.53. The van der Waals surface area contributed by atoms with Crippen LogP contribution in [0.15, 0.2) is 0 Å². The Morgan fingerprint density at radius 2 is 2.20 bits per heavy atom. The minimum absolute atomic E-state index is 0.165. The average Bonchev–Trinajstić information content (AvgIpc) is 2.83. The van der Waals surface area contributed by atoms with Crippen LogP contribution in [0, 0.1) is 5.92 Å². The van der Waals surface area contributed by atoms with Crippen molar-refractivity contribution in [3.05, 3.63) is 0 Å². The molecule has 2 N–H and O–H groups in total. The fraction of sp³-hybridized carbons (Fsp3) is 0.800. The van der Waals surface area contributed by atoms with Gasteiger partial charge in [-0.3, -0.25) is 4.79 Å². The lowest BCUT2D eigenvalue weighted by molar-refractivity contribution is -0.143. The summed E-state index contributed by atoms with van der Waals surface area (Å²) in [4.78, 5) is 21.3. The predicted molar refractivity (Wildman–Crippen MR) is 53.4 cm³/mol. The lowest BCUT2D eigenvalue weighted by Gasteiger charge is -2.04. The van der Waals surface area contributed by atoms with Gasteiger partial charge in [-0.1, -0.05) is 13.3 Å². The Balaban J connectivity index is 2.02. The van der Waals surface area contributed by atoms with Crippen molar-refractivity contribution in [2.75, 3.05) is 13.2 Å². The van der Waals surface area contributed by atoms with Gasteiger partial charge in [0, 0.05) is 6.04 Å². The summed E-state index contributed by atoms with van der Waals surface area (Å²) in [7, 11) is 0. The number of hydrogen-bond acceptors (Lipinski definition) is 3. The van der Waals surface area contributed by atoms with Crippen LogP contribution in [-0.4, -0.2) is 36.2 Å². The van der Waals surface area contributed by atoms with E-state index in [0.29, 0.717) is 5.92 Å². The molecule has 1 aliphatic carbocycles. The maximum absolute atomic E-state index is 11.2. The Morgan fingerprint density at radius 1 is 1.47 bits per heavy atom. The van der Waals surface area contributed by atoms with Gasteiger partial charge >= 0.3 is 5.97 Å². The number of ether oxygens (including phenoxy) is 1. The fourth-order valence-electron chi connectivity index (χ4n) is 1.59. The highest BCUT2D eigenvalue weighted by atomic mass is 16.5. The van der Waals surface area contributed by atoms with Crippen LogP contribution in [0.5, 0.6) is 0 Å². The molecule has 0 aromatic carbocycles. The fourth-order valence-corrected chi connectivity index (χ4v) is 1.59. The van der Waals surface area contributed by atoms with Gasteiger partial charge in [0.15, 0.2) is 0 Å². The summed E-state index contributed by atoms with van der Waals surface area (Å²) < 4.78 is 4.67. The molecule has 0 aliphatic heterocycles. The molecule has 2 atom stereocenters. The molecule has 0 aromatic heterocycles. The zero-order valence-electron chi connectivity index (χ0n) is 8.86. The highest BCUT2D eigenvalue weighted by molar-refractivity contribution is 5.78. The second-order valence-corrected chi connectivity index (χ2v) is 3.85. The van der Waals surface area contributed by atoms with Crippen molar-refractivity contribution >= 4 is 11.9 Å². The average molecular weight is 215 g/mol. The van der Waals surface area contributed by atoms with E-state index in [2.05, 4.69) is 17.0 Å². The van der Waals surface area contributed by atoms with Gasteiger partial charge in [-0.15, -0.1) is 0 Å². The zero-order chi connectivity index (χ0) is 11.3. The molecule has 0 aromatic rings. The minimum atomic E-state index is -1.06. The first-order valence-electron chi connectivity index (χ1n) is 5.22. The van der Waals surface area contributed by atoms with E-state index >= 15 is 0 Å². The van der Waals surface area contributed by atoms with Crippen molar-refractivity contribution in [3.63, 3.8) is 0 Å². The minimum Gasteiger partial charge on any atom is -0.480 e. The third kappa shape index (κ3) is 4.78. The molecule has 0 heterocycles. The SMILES string of the molecule is CCCC1CC1NC(=O)COCC(=O)O. The number of rotatable bonds is 7. The summed E-state index contributed by atoms with van der Waals surface area (Å²) in [5.41, 5.74) is 0. The number of amides is 1. The molecular formula is C10H17NO4. The molecule has 86 valence electrons. The molecule has 0 spiro atoms. The van der Waals surface area contributed by atoms with Crippen LogP contribution in [0.2, 0.25) is 0 Å². The van der Waals surface area contributed by atoms with E-state index in [1.807, 2.05) is 0 Å². The standard InChI is InChI=1S/C10H17NO4/c1-2-3-7-4-8(7)11-9(12)5-15-6-10(13)14/h7-8H,2-6H2,1H3,(H,11,12)(H,13,14). The highest BCUT2D eigenvalue weighted by Gasteiger charge is 2.36. The Labute approximate surface area is 88.8 Å². The van der Waals surface area contributed by atoms with Gasteiger partial charge in [-0.25, -0.2) is 4.79 Å². The maximum atomic E-state index is 11.2. The second-order valence-electron chi connectivity index (χ2n) is 3.85. The van der Waals surface area contributed by atoms with Crippen molar-refractivity contribution in [1.82, 2.24) is 5.32 Å². The van der Waals surface area contributed by atoms with Crippen molar-refractivity contribution in [3.8, 4) is 0 Å². The van der Waals surface area contributed by atoms with Crippen molar-refractivity contribution < 1.29 is 19.4 Å². The molecule has 1 saturated carbocycles. The smallest absolute Gasteiger partial charge is 0.329 e. The number of aliphatic carboxylic acids is 1. The summed E-state index contributed by atoms with van der Waals surface area (Å²) in [6, 6.07) is 0.283. The van der Waals surface area contributed by atoms with Crippen LogP contribution >= 0.6 is 0 Å². The molecule has 0 radical (unpaired) electrons. The molecular weight excluding hydrogens is 198 g/mol. The van der Waals surface area contributed by atoms with E-state index in [9.17, 15) is 9.59 Å². The first-order chi connectivity index (χ1) is 7.13. The summed E-state index contributed by atoms with van der Waals surface area (Å²) >= 11 is 0. The number of nitrogens with one attached hydrogen (secondary N) is 1. The normalized spacial score (nSPS) is 23.5. The van der Waals surface area contributed by atoms with E-state index in [4.69, 9.17) is 5.11 Å². The van der Waals surface area contributed by atoms with Crippen LogP contribution in [0.4, 0.5) is 0 Å². The van der Waals surface area contributed by atoms with Gasteiger partial charge in [0.2, 0.25) is 5.91 Å². The number of carboxylic acids is 1. The monoisotopic (exact) mass is 215 g/mol. The molecule has 5 heteroatoms. The van der Waals surface area contributed by atoms with Gasteiger partial charge in [0.25, 0.3) is 0 Å². The lowest BCUT2D eigenvalue weighted by Crippen LogP contribution is -2.31. The second kappa shape index (κ2) is 5.70. The number of carbonyl (C=O) groups is 2. The predicted octanol–water partition coefficient (Wildman–Crippen LogP) is 0.392. The van der Waals surface area contributed by atoms with Crippen molar-refractivity contribution in [2.45, 2.75) is 32.2 Å². The molecule has 2 unspecified atom stereocenters. The molecule has 1 fully saturated rings. The molecule has 0 bridgehead atoms. The Kier molecular flexibility index (Phi) is 4.55. The lowest BCUT2D eigenvalue weighted by atomic mass is 10.2. The number of carbonyl (C=O) groups excluding carboxylic acids is 1. The topological polar surface area (TPSA) is 75.6 Å².